The van der Waals surface area contributed by atoms with E-state index in [0.717, 1.165) is 5.69 Å². The molecule has 2 heterocycles. The van der Waals surface area contributed by atoms with Gasteiger partial charge < -0.3 is 10.1 Å². The summed E-state index contributed by atoms with van der Waals surface area (Å²) in [6.07, 6.45) is 3.17. The molecular weight excluding hydrogens is 433 g/mol. The van der Waals surface area contributed by atoms with Crippen LogP contribution < -0.4 is 15.1 Å². The van der Waals surface area contributed by atoms with E-state index < -0.39 is 10.8 Å². The number of nitrogens with one attached hydrogen (secondary N) is 1. The van der Waals surface area contributed by atoms with Gasteiger partial charge in [-0.3, -0.25) is 4.21 Å². The molecule has 0 saturated carbocycles. The topological polar surface area (TPSA) is 79.7 Å². The lowest BCUT2D eigenvalue weighted by atomic mass is 10.2. The number of anilines is 3. The molecule has 1 aromatic heterocycles. The predicted molar refractivity (Wildman–Crippen MR) is 116 cm³/mol. The quantitative estimate of drug-likeness (QED) is 0.635. The van der Waals surface area contributed by atoms with Gasteiger partial charge in [0.2, 0.25) is 11.8 Å². The fourth-order valence-electron chi connectivity index (χ4n) is 2.72. The van der Waals surface area contributed by atoms with E-state index in [1.165, 1.54) is 0 Å². The number of ether oxygens (including phenoxy) is 1. The van der Waals surface area contributed by atoms with Crippen LogP contribution in [-0.2, 0) is 10.8 Å². The number of rotatable bonds is 4. The van der Waals surface area contributed by atoms with Crippen LogP contribution in [0.5, 0.6) is 5.75 Å². The van der Waals surface area contributed by atoms with E-state index in [1.54, 1.807) is 54.8 Å². The molecule has 10 heteroatoms. The molecule has 1 aliphatic rings. The molecule has 29 heavy (non-hydrogen) atoms. The zero-order valence-corrected chi connectivity index (χ0v) is 17.7. The molecule has 1 unspecified atom stereocenters. The van der Waals surface area contributed by atoms with Crippen molar-refractivity contribution in [1.29, 1.82) is 0 Å². The molecule has 1 N–H and O–H groups in total. The molecule has 7 nitrogen and oxygen atoms in total. The van der Waals surface area contributed by atoms with E-state index in [-0.39, 0.29) is 5.90 Å². The largest absolute Gasteiger partial charge is 0.431 e. The van der Waals surface area contributed by atoms with E-state index in [1.807, 2.05) is 12.1 Å². The third-order valence-corrected chi connectivity index (χ3v) is 5.64. The highest BCUT2D eigenvalue weighted by Gasteiger charge is 2.25. The summed E-state index contributed by atoms with van der Waals surface area (Å²) in [7, 11) is 0.660. The highest BCUT2D eigenvalue weighted by atomic mass is 35.5. The number of aromatic nitrogens is 2. The van der Waals surface area contributed by atoms with Crippen LogP contribution >= 0.6 is 23.2 Å². The summed E-state index contributed by atoms with van der Waals surface area (Å²) in [5, 5.41) is 9.93. The minimum atomic E-state index is -1.08. The number of hydrazone groups is 1. The van der Waals surface area contributed by atoms with Gasteiger partial charge in [-0.15, -0.1) is 5.10 Å². The molecular formula is C19H15Cl2N5O2S. The average molecular weight is 448 g/mol. The van der Waals surface area contributed by atoms with E-state index in [2.05, 4.69) is 20.4 Å². The molecule has 0 bridgehead atoms. The summed E-state index contributed by atoms with van der Waals surface area (Å²) < 4.78 is 17.5. The van der Waals surface area contributed by atoms with E-state index in [9.17, 15) is 4.21 Å². The number of fused-ring (bicyclic) bond motifs is 1. The highest BCUT2D eigenvalue weighted by Crippen LogP contribution is 2.34. The number of benzene rings is 2. The molecule has 2 aromatic carbocycles. The maximum Gasteiger partial charge on any atom is 0.247 e. The smallest absolute Gasteiger partial charge is 0.247 e. The van der Waals surface area contributed by atoms with E-state index in [0.29, 0.717) is 38.0 Å². The van der Waals surface area contributed by atoms with E-state index >= 15 is 0 Å². The Morgan fingerprint density at radius 3 is 2.59 bits per heavy atom. The van der Waals surface area contributed by atoms with Crippen molar-refractivity contribution in [3.05, 3.63) is 64.3 Å². The Labute approximate surface area is 179 Å². The first-order valence-corrected chi connectivity index (χ1v) is 10.8. The van der Waals surface area contributed by atoms with Gasteiger partial charge in [0.05, 0.1) is 21.8 Å². The van der Waals surface area contributed by atoms with Gasteiger partial charge in [0.15, 0.2) is 11.6 Å². The summed E-state index contributed by atoms with van der Waals surface area (Å²) in [6.45, 7) is 0. The van der Waals surface area contributed by atoms with Crippen LogP contribution in [0.25, 0.3) is 0 Å². The first-order chi connectivity index (χ1) is 13.9. The van der Waals surface area contributed by atoms with Crippen LogP contribution in [0.3, 0.4) is 0 Å². The lowest BCUT2D eigenvalue weighted by Crippen LogP contribution is -2.26. The minimum absolute atomic E-state index is 0.262. The van der Waals surface area contributed by atoms with Crippen molar-refractivity contribution in [2.75, 3.05) is 23.6 Å². The van der Waals surface area contributed by atoms with Gasteiger partial charge in [0, 0.05) is 34.7 Å². The van der Waals surface area contributed by atoms with Gasteiger partial charge in [-0.05, 0) is 30.3 Å². The van der Waals surface area contributed by atoms with Crippen molar-refractivity contribution in [1.82, 2.24) is 9.97 Å². The summed E-state index contributed by atoms with van der Waals surface area (Å²) in [5.41, 5.74) is 1.23. The first kappa shape index (κ1) is 19.6. The van der Waals surface area contributed by atoms with Gasteiger partial charge >= 0.3 is 0 Å². The van der Waals surface area contributed by atoms with Gasteiger partial charge in [-0.2, -0.15) is 4.98 Å². The SMILES string of the molecule is CN1N=C(c2c(Cl)cccc2Cl)Oc2cnc(Nc3cccc(S(C)=O)c3)nc21. The number of halogens is 2. The van der Waals surface area contributed by atoms with Crippen LogP contribution in [0.1, 0.15) is 5.56 Å². The minimum Gasteiger partial charge on any atom is -0.431 e. The Bertz CT molecular complexity index is 1130. The Morgan fingerprint density at radius 2 is 1.86 bits per heavy atom. The van der Waals surface area contributed by atoms with Crippen LogP contribution in [-0.4, -0.2) is 33.4 Å². The lowest BCUT2D eigenvalue weighted by Gasteiger charge is -2.24. The Hall–Kier alpha value is -2.68. The van der Waals surface area contributed by atoms with Crippen LogP contribution in [0.4, 0.5) is 17.5 Å². The fraction of sp³-hybridized carbons (Fsp3) is 0.105. The van der Waals surface area contributed by atoms with Crippen molar-refractivity contribution >= 4 is 57.4 Å². The van der Waals surface area contributed by atoms with E-state index in [4.69, 9.17) is 27.9 Å². The maximum atomic E-state index is 11.7. The molecule has 0 fully saturated rings. The normalized spacial score (nSPS) is 13.9. The molecule has 4 rings (SSSR count). The van der Waals surface area contributed by atoms with Crippen LogP contribution in [0.2, 0.25) is 10.0 Å². The molecule has 0 amide bonds. The maximum absolute atomic E-state index is 11.7. The monoisotopic (exact) mass is 447 g/mol. The zero-order chi connectivity index (χ0) is 20.5. The van der Waals surface area contributed by atoms with Crippen LogP contribution in [0.15, 0.2) is 58.7 Å². The Kier molecular flexibility index (Phi) is 5.40. The van der Waals surface area contributed by atoms with Gasteiger partial charge in [-0.1, -0.05) is 35.3 Å². The van der Waals surface area contributed by atoms with Crippen molar-refractivity contribution in [3.8, 4) is 5.75 Å². The molecule has 0 spiro atoms. The summed E-state index contributed by atoms with van der Waals surface area (Å²) >= 11 is 12.5. The molecule has 0 radical (unpaired) electrons. The second-order valence-electron chi connectivity index (χ2n) is 6.12. The first-order valence-electron chi connectivity index (χ1n) is 8.44. The Balaban J connectivity index is 1.63. The van der Waals surface area contributed by atoms with Gasteiger partial charge in [0.25, 0.3) is 0 Å². The van der Waals surface area contributed by atoms with Crippen LogP contribution in [0, 0.1) is 0 Å². The zero-order valence-electron chi connectivity index (χ0n) is 15.4. The van der Waals surface area contributed by atoms with Crippen molar-refractivity contribution in [2.24, 2.45) is 5.10 Å². The van der Waals surface area contributed by atoms with Crippen molar-refractivity contribution in [3.63, 3.8) is 0 Å². The Morgan fingerprint density at radius 1 is 1.14 bits per heavy atom. The molecule has 0 aliphatic carbocycles. The molecule has 1 atom stereocenters. The standard InChI is InChI=1S/C19H15Cl2N5O2S/c1-26-17-15(28-18(25-26)16-13(20)7-4-8-14(16)21)10-22-19(24-17)23-11-5-3-6-12(9-11)29(2)27/h3-10H,1-2H3,(H,22,23,24). The molecule has 1 aliphatic heterocycles. The number of hydrogen-bond acceptors (Lipinski definition) is 7. The molecule has 3 aromatic rings. The second kappa shape index (κ2) is 7.98. The molecule has 148 valence electrons. The molecule has 0 saturated heterocycles. The number of nitrogens with zero attached hydrogens (tertiary/aromatic N) is 4. The van der Waals surface area contributed by atoms with Crippen molar-refractivity contribution in [2.45, 2.75) is 4.90 Å². The van der Waals surface area contributed by atoms with Gasteiger partial charge in [-0.25, -0.2) is 9.99 Å². The predicted octanol–water partition coefficient (Wildman–Crippen LogP) is 4.45. The third-order valence-electron chi connectivity index (χ3n) is 4.09. The number of hydrogen-bond donors (Lipinski definition) is 1. The fourth-order valence-corrected chi connectivity index (χ4v) is 3.84. The summed E-state index contributed by atoms with van der Waals surface area (Å²) in [5.74, 6) is 1.51. The highest BCUT2D eigenvalue weighted by molar-refractivity contribution is 7.84. The summed E-state index contributed by atoms with van der Waals surface area (Å²) in [4.78, 5) is 9.47. The lowest BCUT2D eigenvalue weighted by molar-refractivity contribution is 0.525. The second-order valence-corrected chi connectivity index (χ2v) is 8.31. The summed E-state index contributed by atoms with van der Waals surface area (Å²) in [6, 6.07) is 12.4. The third kappa shape index (κ3) is 4.05. The van der Waals surface area contributed by atoms with Gasteiger partial charge in [0.1, 0.15) is 0 Å². The average Bonchev–Trinajstić information content (AvgIpc) is 2.68. The van der Waals surface area contributed by atoms with Crippen molar-refractivity contribution < 1.29 is 8.95 Å².